The topological polar surface area (TPSA) is 70.2 Å². The maximum Gasteiger partial charge on any atom is 0.255 e. The minimum absolute atomic E-state index is 0.00415. The second-order valence-corrected chi connectivity index (χ2v) is 8.73. The lowest BCUT2D eigenvalue weighted by Crippen LogP contribution is -2.70. The van der Waals surface area contributed by atoms with Crippen LogP contribution >= 0.6 is 0 Å². The number of amides is 2. The minimum atomic E-state index is -0.408. The first-order valence-electron chi connectivity index (χ1n) is 9.49. The molecule has 0 saturated heterocycles. The predicted octanol–water partition coefficient (Wildman–Crippen LogP) is 2.64. The Morgan fingerprint density at radius 3 is 2.76 bits per heavy atom. The molecular formula is C20H25N3O2. The third-order valence-corrected chi connectivity index (χ3v) is 6.91. The summed E-state index contributed by atoms with van der Waals surface area (Å²) < 4.78 is 0. The molecule has 132 valence electrons. The van der Waals surface area contributed by atoms with Crippen molar-refractivity contribution in [2.75, 3.05) is 5.32 Å². The lowest BCUT2D eigenvalue weighted by Gasteiger charge is -2.60. The van der Waals surface area contributed by atoms with E-state index in [1.807, 2.05) is 24.3 Å². The van der Waals surface area contributed by atoms with Crippen LogP contribution in [0.15, 0.2) is 24.3 Å². The van der Waals surface area contributed by atoms with Crippen LogP contribution in [0.1, 0.15) is 55.8 Å². The van der Waals surface area contributed by atoms with Gasteiger partial charge in [0.15, 0.2) is 0 Å². The summed E-state index contributed by atoms with van der Waals surface area (Å²) in [6.07, 6.45) is 6.02. The van der Waals surface area contributed by atoms with E-state index in [4.69, 9.17) is 0 Å². The SMILES string of the molecule is C[C@@]12CC[C@H](C[C@@H]1C(=O)NC1CC1)[C@]1(C2)NC(=O)c2ccccc2N1. The lowest BCUT2D eigenvalue weighted by molar-refractivity contribution is -0.139. The smallest absolute Gasteiger partial charge is 0.255 e. The van der Waals surface area contributed by atoms with E-state index in [1.165, 1.54) is 0 Å². The van der Waals surface area contributed by atoms with Gasteiger partial charge in [-0.3, -0.25) is 9.59 Å². The normalized spacial score (nSPS) is 38.7. The minimum Gasteiger partial charge on any atom is -0.362 e. The van der Waals surface area contributed by atoms with Crippen molar-refractivity contribution >= 4 is 17.5 Å². The van der Waals surface area contributed by atoms with Crippen molar-refractivity contribution < 1.29 is 9.59 Å². The Kier molecular flexibility index (Phi) is 3.04. The Bertz CT molecular complexity index is 759. The van der Waals surface area contributed by atoms with Crippen LogP contribution in [0.5, 0.6) is 0 Å². The van der Waals surface area contributed by atoms with Crippen LogP contribution < -0.4 is 16.0 Å². The van der Waals surface area contributed by atoms with Crippen molar-refractivity contribution in [3.63, 3.8) is 0 Å². The monoisotopic (exact) mass is 339 g/mol. The van der Waals surface area contributed by atoms with Gasteiger partial charge in [-0.2, -0.15) is 0 Å². The Morgan fingerprint density at radius 2 is 2.00 bits per heavy atom. The molecule has 0 radical (unpaired) electrons. The summed E-state index contributed by atoms with van der Waals surface area (Å²) >= 11 is 0. The maximum atomic E-state index is 12.8. The number of benzene rings is 1. The molecule has 0 unspecified atom stereocenters. The molecule has 6 rings (SSSR count). The predicted molar refractivity (Wildman–Crippen MR) is 95.0 cm³/mol. The van der Waals surface area contributed by atoms with E-state index in [9.17, 15) is 9.59 Å². The number of carbonyl (C=O) groups is 2. The van der Waals surface area contributed by atoms with Gasteiger partial charge < -0.3 is 16.0 Å². The first kappa shape index (κ1) is 15.2. The molecule has 25 heavy (non-hydrogen) atoms. The zero-order chi connectivity index (χ0) is 17.2. The fraction of sp³-hybridized carbons (Fsp3) is 0.600. The van der Waals surface area contributed by atoms with Gasteiger partial charge in [-0.1, -0.05) is 19.1 Å². The van der Waals surface area contributed by atoms with Crippen LogP contribution in [0, 0.1) is 17.3 Å². The Hall–Kier alpha value is -2.04. The van der Waals surface area contributed by atoms with Gasteiger partial charge in [0.2, 0.25) is 5.91 Å². The molecule has 1 spiro atoms. The van der Waals surface area contributed by atoms with Crippen LogP contribution in [0.3, 0.4) is 0 Å². The van der Waals surface area contributed by atoms with Gasteiger partial charge in [-0.25, -0.2) is 0 Å². The molecule has 0 aromatic heterocycles. The van der Waals surface area contributed by atoms with Crippen molar-refractivity contribution in [1.29, 1.82) is 0 Å². The summed E-state index contributed by atoms with van der Waals surface area (Å²) in [5.41, 5.74) is 1.15. The van der Waals surface area contributed by atoms with E-state index >= 15 is 0 Å². The fourth-order valence-corrected chi connectivity index (χ4v) is 5.38. The van der Waals surface area contributed by atoms with Gasteiger partial charge in [0.05, 0.1) is 5.56 Å². The zero-order valence-corrected chi connectivity index (χ0v) is 14.6. The second kappa shape index (κ2) is 4.99. The maximum absolute atomic E-state index is 12.8. The van der Waals surface area contributed by atoms with Crippen molar-refractivity contribution in [3.8, 4) is 0 Å². The lowest BCUT2D eigenvalue weighted by atomic mass is 9.51. The summed E-state index contributed by atoms with van der Waals surface area (Å²) in [6, 6.07) is 8.11. The van der Waals surface area contributed by atoms with Crippen LogP contribution in [0.4, 0.5) is 5.69 Å². The fourth-order valence-electron chi connectivity index (χ4n) is 5.38. The van der Waals surface area contributed by atoms with Crippen LogP contribution in [-0.4, -0.2) is 23.5 Å². The van der Waals surface area contributed by atoms with Crippen molar-refractivity contribution in [2.45, 2.75) is 57.2 Å². The molecule has 1 aliphatic heterocycles. The molecule has 5 aliphatic rings. The quantitative estimate of drug-likeness (QED) is 0.776. The highest BCUT2D eigenvalue weighted by Crippen LogP contribution is 2.58. The molecule has 4 fully saturated rings. The van der Waals surface area contributed by atoms with Crippen LogP contribution in [0.2, 0.25) is 0 Å². The van der Waals surface area contributed by atoms with Gasteiger partial charge in [0, 0.05) is 23.6 Å². The highest BCUT2D eigenvalue weighted by molar-refractivity contribution is 6.02. The van der Waals surface area contributed by atoms with E-state index in [0.717, 1.165) is 44.2 Å². The summed E-state index contributed by atoms with van der Waals surface area (Å²) in [7, 11) is 0. The number of nitrogens with one attached hydrogen (secondary N) is 3. The summed E-state index contributed by atoms with van der Waals surface area (Å²) in [5, 5.41) is 10.1. The number of fused-ring (bicyclic) bond motifs is 3. The Morgan fingerprint density at radius 1 is 1.20 bits per heavy atom. The van der Waals surface area contributed by atoms with Crippen molar-refractivity contribution in [2.24, 2.45) is 17.3 Å². The van der Waals surface area contributed by atoms with Crippen molar-refractivity contribution in [1.82, 2.24) is 10.6 Å². The first-order valence-corrected chi connectivity index (χ1v) is 9.49. The van der Waals surface area contributed by atoms with E-state index in [1.54, 1.807) is 0 Å². The average Bonchev–Trinajstić information content (AvgIpc) is 3.38. The molecule has 4 atom stereocenters. The molecule has 2 bridgehead atoms. The number of para-hydroxylation sites is 1. The van der Waals surface area contributed by atoms with Crippen LogP contribution in [0.25, 0.3) is 0 Å². The first-order chi connectivity index (χ1) is 12.0. The number of carbonyl (C=O) groups excluding carboxylic acids is 2. The average molecular weight is 339 g/mol. The van der Waals surface area contributed by atoms with E-state index in [0.29, 0.717) is 17.5 Å². The van der Waals surface area contributed by atoms with Gasteiger partial charge in [0.25, 0.3) is 5.91 Å². The highest BCUT2D eigenvalue weighted by Gasteiger charge is 2.60. The summed E-state index contributed by atoms with van der Waals surface area (Å²) in [5.74, 6) is 0.589. The molecule has 1 aromatic carbocycles. The summed E-state index contributed by atoms with van der Waals surface area (Å²) in [6.45, 7) is 2.23. The number of anilines is 1. The Labute approximate surface area is 147 Å². The van der Waals surface area contributed by atoms with Crippen LogP contribution in [-0.2, 0) is 4.79 Å². The standard InChI is InChI=1S/C20H25N3O2/c1-19-9-8-12(10-15(19)18(25)21-13-6-7-13)20(11-19)22-16-5-3-2-4-14(16)17(24)23-20/h2-5,12-13,15,22H,6-11H2,1H3,(H,21,25)(H,23,24)/t12-,15-,19+,20+/m1/s1. The largest absolute Gasteiger partial charge is 0.362 e. The molecule has 4 saturated carbocycles. The third-order valence-electron chi connectivity index (χ3n) is 6.91. The molecule has 3 N–H and O–H groups in total. The molecular weight excluding hydrogens is 314 g/mol. The van der Waals surface area contributed by atoms with E-state index in [-0.39, 0.29) is 23.1 Å². The molecule has 4 aliphatic carbocycles. The van der Waals surface area contributed by atoms with E-state index < -0.39 is 5.66 Å². The zero-order valence-electron chi connectivity index (χ0n) is 14.6. The van der Waals surface area contributed by atoms with Gasteiger partial charge in [-0.15, -0.1) is 0 Å². The summed E-state index contributed by atoms with van der Waals surface area (Å²) in [4.78, 5) is 25.4. The molecule has 1 aromatic rings. The molecule has 5 nitrogen and oxygen atoms in total. The third kappa shape index (κ3) is 2.28. The second-order valence-electron chi connectivity index (χ2n) is 8.73. The number of rotatable bonds is 2. The number of hydrogen-bond donors (Lipinski definition) is 3. The highest BCUT2D eigenvalue weighted by atomic mass is 16.2. The molecule has 1 heterocycles. The van der Waals surface area contributed by atoms with Crippen molar-refractivity contribution in [3.05, 3.63) is 29.8 Å². The van der Waals surface area contributed by atoms with Gasteiger partial charge in [-0.05, 0) is 56.1 Å². The molecule has 2 amide bonds. The van der Waals surface area contributed by atoms with Gasteiger partial charge >= 0.3 is 0 Å². The Balaban J connectivity index is 1.44. The number of hydrogen-bond acceptors (Lipinski definition) is 3. The van der Waals surface area contributed by atoms with E-state index in [2.05, 4.69) is 22.9 Å². The van der Waals surface area contributed by atoms with Gasteiger partial charge in [0.1, 0.15) is 5.66 Å². The molecule has 5 heteroatoms.